The highest BCUT2D eigenvalue weighted by Gasteiger charge is 2.27. The van der Waals surface area contributed by atoms with Gasteiger partial charge in [0.1, 0.15) is 0 Å². The molecule has 0 radical (unpaired) electrons. The molecule has 1 aliphatic carbocycles. The lowest BCUT2D eigenvalue weighted by atomic mass is 9.86. The second-order valence-electron chi connectivity index (χ2n) is 5.12. The van der Waals surface area contributed by atoms with E-state index in [0.29, 0.717) is 28.6 Å². The zero-order chi connectivity index (χ0) is 15.4. The molecule has 0 bridgehead atoms. The lowest BCUT2D eigenvalue weighted by Gasteiger charge is -2.27. The van der Waals surface area contributed by atoms with E-state index in [1.54, 1.807) is 18.2 Å². The van der Waals surface area contributed by atoms with Crippen molar-refractivity contribution in [1.82, 2.24) is 5.32 Å². The average molecular weight is 331 g/mol. The zero-order valence-corrected chi connectivity index (χ0v) is 12.7. The Hall–Kier alpha value is -1.46. The number of hydrogen-bond donors (Lipinski definition) is 3. The lowest BCUT2D eigenvalue weighted by Crippen LogP contribution is -2.42. The van der Waals surface area contributed by atoms with E-state index in [-0.39, 0.29) is 12.0 Å². The fourth-order valence-electron chi connectivity index (χ4n) is 2.48. The summed E-state index contributed by atoms with van der Waals surface area (Å²) in [4.78, 5) is 22.9. The maximum Gasteiger partial charge on any atom is 0.319 e. The molecule has 114 valence electrons. The van der Waals surface area contributed by atoms with Gasteiger partial charge in [-0.3, -0.25) is 4.79 Å². The van der Waals surface area contributed by atoms with Crippen molar-refractivity contribution in [1.29, 1.82) is 0 Å². The van der Waals surface area contributed by atoms with Crippen LogP contribution >= 0.6 is 23.2 Å². The van der Waals surface area contributed by atoms with E-state index in [0.717, 1.165) is 12.8 Å². The number of hydrogen-bond acceptors (Lipinski definition) is 2. The number of benzene rings is 1. The van der Waals surface area contributed by atoms with Crippen molar-refractivity contribution in [3.05, 3.63) is 28.2 Å². The van der Waals surface area contributed by atoms with Crippen molar-refractivity contribution in [3.63, 3.8) is 0 Å². The second kappa shape index (κ2) is 7.00. The molecule has 2 unspecified atom stereocenters. The van der Waals surface area contributed by atoms with Crippen LogP contribution in [0, 0.1) is 5.92 Å². The Bertz CT molecular complexity index is 551. The highest BCUT2D eigenvalue weighted by molar-refractivity contribution is 6.36. The molecular formula is C14H16Cl2N2O3. The quantitative estimate of drug-likeness (QED) is 0.789. The van der Waals surface area contributed by atoms with Gasteiger partial charge in [0.25, 0.3) is 0 Å². The maximum absolute atomic E-state index is 11.9. The summed E-state index contributed by atoms with van der Waals surface area (Å²) < 4.78 is 0. The van der Waals surface area contributed by atoms with Gasteiger partial charge in [-0.2, -0.15) is 0 Å². The van der Waals surface area contributed by atoms with Crippen LogP contribution in [0.2, 0.25) is 10.0 Å². The zero-order valence-electron chi connectivity index (χ0n) is 11.2. The molecule has 0 aromatic heterocycles. The van der Waals surface area contributed by atoms with Crippen LogP contribution in [0.4, 0.5) is 10.5 Å². The molecule has 0 heterocycles. The van der Waals surface area contributed by atoms with Crippen molar-refractivity contribution in [2.75, 3.05) is 5.32 Å². The van der Waals surface area contributed by atoms with Gasteiger partial charge in [0, 0.05) is 11.1 Å². The molecule has 1 fully saturated rings. The predicted octanol–water partition coefficient (Wildman–Crippen LogP) is 3.76. The minimum Gasteiger partial charge on any atom is -0.481 e. The molecule has 0 saturated heterocycles. The number of amides is 2. The van der Waals surface area contributed by atoms with E-state index in [4.69, 9.17) is 28.3 Å². The van der Waals surface area contributed by atoms with Crippen LogP contribution in [-0.2, 0) is 4.79 Å². The van der Waals surface area contributed by atoms with Crippen molar-refractivity contribution in [2.24, 2.45) is 5.92 Å². The van der Waals surface area contributed by atoms with Gasteiger partial charge in [-0.15, -0.1) is 0 Å². The third-order valence-corrected chi connectivity index (χ3v) is 4.09. The van der Waals surface area contributed by atoms with E-state index < -0.39 is 12.0 Å². The van der Waals surface area contributed by atoms with Gasteiger partial charge >= 0.3 is 12.0 Å². The first-order chi connectivity index (χ1) is 9.95. The van der Waals surface area contributed by atoms with Crippen LogP contribution in [-0.4, -0.2) is 23.1 Å². The minimum atomic E-state index is -0.803. The summed E-state index contributed by atoms with van der Waals surface area (Å²) in [5, 5.41) is 15.3. The highest BCUT2D eigenvalue weighted by Crippen LogP contribution is 2.26. The van der Waals surface area contributed by atoms with Gasteiger partial charge < -0.3 is 15.7 Å². The topological polar surface area (TPSA) is 78.4 Å². The number of halogens is 2. The standard InChI is InChI=1S/C14H16Cl2N2O3/c15-9-4-5-12(11(16)7-9)18-14(21)17-10-3-1-2-8(6-10)13(19)20/h4-5,7-8,10H,1-3,6H2,(H,19,20)(H2,17,18,21). The fourth-order valence-corrected chi connectivity index (χ4v) is 2.94. The van der Waals surface area contributed by atoms with Gasteiger partial charge in [-0.25, -0.2) is 4.79 Å². The molecule has 2 rings (SSSR count). The molecule has 1 aromatic carbocycles. The first-order valence-corrected chi connectivity index (χ1v) is 7.46. The first kappa shape index (κ1) is 15.9. The van der Waals surface area contributed by atoms with Gasteiger partial charge in [-0.05, 0) is 37.5 Å². The molecule has 3 N–H and O–H groups in total. The molecule has 1 aromatic rings. The molecule has 2 atom stereocenters. The van der Waals surface area contributed by atoms with E-state index in [1.807, 2.05) is 0 Å². The summed E-state index contributed by atoms with van der Waals surface area (Å²) in [7, 11) is 0. The molecule has 1 aliphatic rings. The number of urea groups is 1. The number of aliphatic carboxylic acids is 1. The van der Waals surface area contributed by atoms with Crippen LogP contribution in [0.25, 0.3) is 0 Å². The number of carbonyl (C=O) groups excluding carboxylic acids is 1. The van der Waals surface area contributed by atoms with Gasteiger partial charge in [0.2, 0.25) is 0 Å². The fraction of sp³-hybridized carbons (Fsp3) is 0.429. The Morgan fingerprint density at radius 3 is 2.67 bits per heavy atom. The van der Waals surface area contributed by atoms with E-state index in [9.17, 15) is 9.59 Å². The Morgan fingerprint density at radius 2 is 2.00 bits per heavy atom. The number of carboxylic acids is 1. The highest BCUT2D eigenvalue weighted by atomic mass is 35.5. The third-order valence-electron chi connectivity index (χ3n) is 3.54. The van der Waals surface area contributed by atoms with Crippen molar-refractivity contribution < 1.29 is 14.7 Å². The molecule has 5 nitrogen and oxygen atoms in total. The summed E-state index contributed by atoms with van der Waals surface area (Å²) in [6.07, 6.45) is 2.70. The number of carboxylic acid groups (broad SMARTS) is 1. The Labute approximate surface area is 132 Å². The Kier molecular flexibility index (Phi) is 5.31. The van der Waals surface area contributed by atoms with Crippen LogP contribution in [0.1, 0.15) is 25.7 Å². The largest absolute Gasteiger partial charge is 0.481 e. The number of nitrogens with one attached hydrogen (secondary N) is 2. The van der Waals surface area contributed by atoms with E-state index in [2.05, 4.69) is 10.6 Å². The van der Waals surface area contributed by atoms with Crippen LogP contribution in [0.5, 0.6) is 0 Å². The van der Waals surface area contributed by atoms with Crippen LogP contribution < -0.4 is 10.6 Å². The van der Waals surface area contributed by atoms with Crippen LogP contribution in [0.3, 0.4) is 0 Å². The van der Waals surface area contributed by atoms with Gasteiger partial charge in [-0.1, -0.05) is 29.6 Å². The lowest BCUT2D eigenvalue weighted by molar-refractivity contribution is -0.143. The Balaban J connectivity index is 1.91. The number of rotatable bonds is 3. The molecule has 1 saturated carbocycles. The summed E-state index contributed by atoms with van der Waals surface area (Å²) in [6.45, 7) is 0. The van der Waals surface area contributed by atoms with Crippen molar-refractivity contribution in [3.8, 4) is 0 Å². The smallest absolute Gasteiger partial charge is 0.319 e. The van der Waals surface area contributed by atoms with E-state index >= 15 is 0 Å². The third kappa shape index (κ3) is 4.51. The average Bonchev–Trinajstić information content (AvgIpc) is 2.42. The van der Waals surface area contributed by atoms with Gasteiger partial charge in [0.15, 0.2) is 0 Å². The summed E-state index contributed by atoms with van der Waals surface area (Å²) in [6, 6.07) is 4.26. The van der Waals surface area contributed by atoms with Gasteiger partial charge in [0.05, 0.1) is 16.6 Å². The van der Waals surface area contributed by atoms with E-state index in [1.165, 1.54) is 0 Å². The van der Waals surface area contributed by atoms with Crippen LogP contribution in [0.15, 0.2) is 18.2 Å². The maximum atomic E-state index is 11.9. The SMILES string of the molecule is O=C(Nc1ccc(Cl)cc1Cl)NC1CCCC(C(=O)O)C1. The summed E-state index contributed by atoms with van der Waals surface area (Å²) >= 11 is 11.8. The Morgan fingerprint density at radius 1 is 1.24 bits per heavy atom. The summed E-state index contributed by atoms with van der Waals surface area (Å²) in [5.41, 5.74) is 0.462. The van der Waals surface area contributed by atoms with Crippen molar-refractivity contribution >= 4 is 40.9 Å². The molecule has 21 heavy (non-hydrogen) atoms. The second-order valence-corrected chi connectivity index (χ2v) is 5.96. The number of anilines is 1. The minimum absolute atomic E-state index is 0.133. The van der Waals surface area contributed by atoms with Crippen molar-refractivity contribution in [2.45, 2.75) is 31.7 Å². The number of carbonyl (C=O) groups is 2. The predicted molar refractivity (Wildman–Crippen MR) is 82.0 cm³/mol. The first-order valence-electron chi connectivity index (χ1n) is 6.71. The molecule has 0 spiro atoms. The normalized spacial score (nSPS) is 21.6. The molecule has 2 amide bonds. The molecular weight excluding hydrogens is 315 g/mol. The molecule has 7 heteroatoms. The molecule has 0 aliphatic heterocycles. The monoisotopic (exact) mass is 330 g/mol. The summed E-state index contributed by atoms with van der Waals surface area (Å²) in [5.74, 6) is -1.19.